The van der Waals surface area contributed by atoms with E-state index in [0.717, 1.165) is 36.4 Å². The third-order valence-corrected chi connectivity index (χ3v) is 7.43. The highest BCUT2D eigenvalue weighted by Crippen LogP contribution is 2.56. The third-order valence-electron chi connectivity index (χ3n) is 7.43. The van der Waals surface area contributed by atoms with Crippen LogP contribution in [0.3, 0.4) is 0 Å². The Balaban J connectivity index is 1.37. The van der Waals surface area contributed by atoms with Crippen LogP contribution in [0.15, 0.2) is 48.8 Å². The maximum Gasteiger partial charge on any atom is 0.213 e. The van der Waals surface area contributed by atoms with Crippen molar-refractivity contribution in [2.45, 2.75) is 37.6 Å². The number of halogens is 1. The zero-order valence-electron chi connectivity index (χ0n) is 18.0. The number of nitrogens with zero attached hydrogens (tertiary/aromatic N) is 2. The molecule has 3 aromatic rings. The Kier molecular flexibility index (Phi) is 4.73. The zero-order valence-corrected chi connectivity index (χ0v) is 18.0. The van der Waals surface area contributed by atoms with Crippen LogP contribution in [0.25, 0.3) is 22.3 Å². The van der Waals surface area contributed by atoms with Gasteiger partial charge in [-0.15, -0.1) is 0 Å². The van der Waals surface area contributed by atoms with Crippen LogP contribution in [0.1, 0.15) is 48.8 Å². The van der Waals surface area contributed by atoms with Gasteiger partial charge in [0.05, 0.1) is 13.2 Å². The predicted molar refractivity (Wildman–Crippen MR) is 122 cm³/mol. The summed E-state index contributed by atoms with van der Waals surface area (Å²) in [4.78, 5) is 8.07. The normalized spacial score (nSPS) is 22.0. The second-order valence-electron chi connectivity index (χ2n) is 9.61. The van der Waals surface area contributed by atoms with E-state index in [9.17, 15) is 4.39 Å². The summed E-state index contributed by atoms with van der Waals surface area (Å²) in [6, 6.07) is 12.4. The van der Waals surface area contributed by atoms with Gasteiger partial charge in [-0.1, -0.05) is 12.1 Å². The molecular formula is C26H27FN4O. The largest absolute Gasteiger partial charge is 0.383 e. The van der Waals surface area contributed by atoms with E-state index in [0.29, 0.717) is 28.8 Å². The molecule has 6 rings (SSSR count). The molecule has 1 aromatic carbocycles. The van der Waals surface area contributed by atoms with Crippen LogP contribution >= 0.6 is 0 Å². The van der Waals surface area contributed by atoms with E-state index in [1.54, 1.807) is 12.3 Å². The summed E-state index contributed by atoms with van der Waals surface area (Å²) in [7, 11) is 0. The van der Waals surface area contributed by atoms with Crippen LogP contribution in [0.5, 0.6) is 0 Å². The summed E-state index contributed by atoms with van der Waals surface area (Å²) < 4.78 is 19.2. The molecule has 1 saturated carbocycles. The second kappa shape index (κ2) is 7.64. The Morgan fingerprint density at radius 1 is 1.00 bits per heavy atom. The van der Waals surface area contributed by atoms with Crippen molar-refractivity contribution < 1.29 is 9.13 Å². The topological polar surface area (TPSA) is 73.1 Å². The number of ether oxygens (including phenoxy) is 1. The number of pyridine rings is 2. The molecule has 1 aliphatic carbocycles. The van der Waals surface area contributed by atoms with Gasteiger partial charge in [0.1, 0.15) is 5.82 Å². The molecule has 2 aromatic heterocycles. The maximum atomic E-state index is 13.7. The van der Waals surface area contributed by atoms with Crippen LogP contribution in [0.4, 0.5) is 10.2 Å². The van der Waals surface area contributed by atoms with Gasteiger partial charge in [-0.2, -0.15) is 4.39 Å². The van der Waals surface area contributed by atoms with E-state index in [1.807, 2.05) is 6.07 Å². The fourth-order valence-electron chi connectivity index (χ4n) is 5.64. The van der Waals surface area contributed by atoms with Gasteiger partial charge in [-0.25, -0.2) is 9.97 Å². The molecule has 6 heteroatoms. The van der Waals surface area contributed by atoms with Crippen molar-refractivity contribution in [2.75, 3.05) is 25.5 Å². The van der Waals surface area contributed by atoms with Crippen molar-refractivity contribution in [3.8, 4) is 22.3 Å². The van der Waals surface area contributed by atoms with Crippen molar-refractivity contribution in [1.82, 2.24) is 15.3 Å². The van der Waals surface area contributed by atoms with Gasteiger partial charge in [0.2, 0.25) is 5.95 Å². The first-order valence-electron chi connectivity index (χ1n) is 11.4. The molecule has 0 radical (unpaired) electrons. The van der Waals surface area contributed by atoms with E-state index in [4.69, 9.17) is 10.5 Å². The molecule has 3 N–H and O–H groups in total. The minimum atomic E-state index is -0.526. The fraction of sp³-hybridized carbons (Fsp3) is 0.385. The number of nitrogen functional groups attached to an aromatic ring is 1. The van der Waals surface area contributed by atoms with E-state index in [1.165, 1.54) is 49.1 Å². The summed E-state index contributed by atoms with van der Waals surface area (Å²) in [5.41, 5.74) is 13.0. The van der Waals surface area contributed by atoms with E-state index < -0.39 is 5.95 Å². The Morgan fingerprint density at radius 3 is 2.59 bits per heavy atom. The molecule has 5 nitrogen and oxygen atoms in total. The zero-order chi connectivity index (χ0) is 21.7. The molecule has 32 heavy (non-hydrogen) atoms. The molecule has 1 atom stereocenters. The number of rotatable bonds is 4. The molecule has 1 spiro atoms. The molecular weight excluding hydrogens is 403 g/mol. The molecule has 4 heterocycles. The van der Waals surface area contributed by atoms with Crippen LogP contribution in [-0.4, -0.2) is 29.7 Å². The summed E-state index contributed by atoms with van der Waals surface area (Å²) in [6.07, 6.45) is 8.09. The minimum Gasteiger partial charge on any atom is -0.383 e. The molecule has 164 valence electrons. The number of nitrogens with two attached hydrogens (primary N) is 1. The highest BCUT2D eigenvalue weighted by molar-refractivity contribution is 5.79. The Morgan fingerprint density at radius 2 is 1.88 bits per heavy atom. The summed E-state index contributed by atoms with van der Waals surface area (Å²) in [5.74, 6) is 0.475. The van der Waals surface area contributed by atoms with E-state index in [2.05, 4.69) is 33.5 Å². The van der Waals surface area contributed by atoms with Crippen LogP contribution < -0.4 is 11.1 Å². The Hall–Kier alpha value is -2.83. The molecule has 2 saturated heterocycles. The number of nitrogens with one attached hydrogen (secondary N) is 1. The number of hydrogen-bond donors (Lipinski definition) is 2. The van der Waals surface area contributed by atoms with Crippen molar-refractivity contribution in [1.29, 1.82) is 0 Å². The average molecular weight is 431 g/mol. The molecule has 2 aliphatic heterocycles. The van der Waals surface area contributed by atoms with Gasteiger partial charge in [0, 0.05) is 41.0 Å². The highest BCUT2D eigenvalue weighted by atomic mass is 19.1. The lowest BCUT2D eigenvalue weighted by Gasteiger charge is -2.54. The molecule has 3 aliphatic rings. The van der Waals surface area contributed by atoms with Gasteiger partial charge in [-0.05, 0) is 78.6 Å². The monoisotopic (exact) mass is 430 g/mol. The lowest BCUT2D eigenvalue weighted by molar-refractivity contribution is -0.164. The van der Waals surface area contributed by atoms with Gasteiger partial charge in [0.15, 0.2) is 0 Å². The Labute approximate surface area is 187 Å². The van der Waals surface area contributed by atoms with Crippen molar-refractivity contribution >= 4 is 5.82 Å². The standard InChI is InChI=1S/C26H27FN4O/c27-24-10-17(5-7-30-24)21-9-18(13-31-25(21)28)16-3-4-20(19-11-26(12-19)14-32-15-26)22(8-16)23-2-1-6-29-23/h3-5,7-10,13,19,23,29H,1-2,6,11-12,14-15H2,(H2,28,31). The van der Waals surface area contributed by atoms with Crippen molar-refractivity contribution in [2.24, 2.45) is 5.41 Å². The number of aromatic nitrogens is 2. The lowest BCUT2D eigenvalue weighted by Crippen LogP contribution is -2.51. The van der Waals surface area contributed by atoms with Crippen LogP contribution in [0.2, 0.25) is 0 Å². The van der Waals surface area contributed by atoms with Crippen LogP contribution in [0, 0.1) is 11.4 Å². The number of benzene rings is 1. The lowest BCUT2D eigenvalue weighted by atomic mass is 9.58. The molecule has 0 bridgehead atoms. The second-order valence-corrected chi connectivity index (χ2v) is 9.61. The molecule has 3 fully saturated rings. The number of hydrogen-bond acceptors (Lipinski definition) is 5. The first kappa shape index (κ1) is 19.8. The highest BCUT2D eigenvalue weighted by Gasteiger charge is 2.50. The van der Waals surface area contributed by atoms with Gasteiger partial charge in [0.25, 0.3) is 0 Å². The maximum absolute atomic E-state index is 13.7. The average Bonchev–Trinajstić information content (AvgIpc) is 3.27. The first-order chi connectivity index (χ1) is 15.6. The number of anilines is 1. The Bertz CT molecular complexity index is 1160. The van der Waals surface area contributed by atoms with Crippen molar-refractivity contribution in [3.63, 3.8) is 0 Å². The SMILES string of the molecule is Nc1ncc(-c2ccc(C3CC4(COC4)C3)c(C3CCCN3)c2)cc1-c1ccnc(F)c1. The van der Waals surface area contributed by atoms with Crippen LogP contribution in [-0.2, 0) is 4.74 Å². The molecule has 0 amide bonds. The summed E-state index contributed by atoms with van der Waals surface area (Å²) >= 11 is 0. The van der Waals surface area contributed by atoms with E-state index >= 15 is 0 Å². The van der Waals surface area contributed by atoms with Gasteiger partial charge < -0.3 is 15.8 Å². The molecule has 1 unspecified atom stereocenters. The summed E-state index contributed by atoms with van der Waals surface area (Å²) in [5, 5.41) is 3.69. The van der Waals surface area contributed by atoms with Crippen molar-refractivity contribution in [3.05, 3.63) is 65.9 Å². The minimum absolute atomic E-state index is 0.385. The summed E-state index contributed by atoms with van der Waals surface area (Å²) in [6.45, 7) is 2.92. The fourth-order valence-corrected chi connectivity index (χ4v) is 5.64. The van der Waals surface area contributed by atoms with Gasteiger partial charge in [-0.3, -0.25) is 0 Å². The van der Waals surface area contributed by atoms with E-state index in [-0.39, 0.29) is 0 Å². The first-order valence-corrected chi connectivity index (χ1v) is 11.4. The smallest absolute Gasteiger partial charge is 0.213 e. The quantitative estimate of drug-likeness (QED) is 0.579. The predicted octanol–water partition coefficient (Wildman–Crippen LogP) is 4.85. The van der Waals surface area contributed by atoms with Gasteiger partial charge >= 0.3 is 0 Å². The third kappa shape index (κ3) is 3.38.